The van der Waals surface area contributed by atoms with E-state index in [0.717, 1.165) is 0 Å². The van der Waals surface area contributed by atoms with Crippen LogP contribution in [0.25, 0.3) is 0 Å². The predicted molar refractivity (Wildman–Crippen MR) is 86.2 cm³/mol. The van der Waals surface area contributed by atoms with Gasteiger partial charge in [0.25, 0.3) is 0 Å². The molecule has 5 nitrogen and oxygen atoms in total. The minimum Gasteiger partial charge on any atom is -0.490 e. The predicted octanol–water partition coefficient (Wildman–Crippen LogP) is 3.95. The maximum Gasteiger partial charge on any atom is 0.508 e. The number of methoxy groups -OCH3 is 1. The summed E-state index contributed by atoms with van der Waals surface area (Å²) >= 11 is 5.82. The standard InChI is InChI=1S/C17H17ClO5/c1-20-17(19)23-16(11-21-14-5-3-2-4-6-14)12-22-15-9-7-13(18)8-10-15/h2-10,16H,11-12H2,1H3. The van der Waals surface area contributed by atoms with Crippen LogP contribution in [-0.4, -0.2) is 32.6 Å². The van der Waals surface area contributed by atoms with E-state index in [0.29, 0.717) is 16.5 Å². The first-order valence-electron chi connectivity index (χ1n) is 6.98. The van der Waals surface area contributed by atoms with Crippen molar-refractivity contribution in [2.24, 2.45) is 0 Å². The van der Waals surface area contributed by atoms with Crippen LogP contribution < -0.4 is 9.47 Å². The zero-order chi connectivity index (χ0) is 16.5. The van der Waals surface area contributed by atoms with Gasteiger partial charge in [0.15, 0.2) is 6.10 Å². The number of carbonyl (C=O) groups excluding carboxylic acids is 1. The molecule has 0 saturated carbocycles. The molecule has 0 aliphatic heterocycles. The monoisotopic (exact) mass is 336 g/mol. The van der Waals surface area contributed by atoms with Crippen molar-refractivity contribution in [1.82, 2.24) is 0 Å². The summed E-state index contributed by atoms with van der Waals surface area (Å²) in [5.41, 5.74) is 0. The molecule has 1 unspecified atom stereocenters. The lowest BCUT2D eigenvalue weighted by Crippen LogP contribution is -2.31. The second-order valence-electron chi connectivity index (χ2n) is 4.58. The van der Waals surface area contributed by atoms with Crippen LogP contribution in [0.3, 0.4) is 0 Å². The van der Waals surface area contributed by atoms with E-state index in [4.69, 9.17) is 25.8 Å². The minimum absolute atomic E-state index is 0.129. The summed E-state index contributed by atoms with van der Waals surface area (Å²) in [6.07, 6.45) is -1.40. The van der Waals surface area contributed by atoms with Crippen LogP contribution in [0.4, 0.5) is 4.79 Å². The zero-order valence-electron chi connectivity index (χ0n) is 12.6. The SMILES string of the molecule is COC(=O)OC(COc1ccccc1)COc1ccc(Cl)cc1. The molecule has 2 aromatic carbocycles. The molecule has 6 heteroatoms. The number of carbonyl (C=O) groups is 1. The van der Waals surface area contributed by atoms with Gasteiger partial charge in [-0.1, -0.05) is 29.8 Å². The Kier molecular flexibility index (Phi) is 6.56. The summed E-state index contributed by atoms with van der Waals surface area (Å²) in [4.78, 5) is 11.3. The third kappa shape index (κ3) is 6.08. The molecular weight excluding hydrogens is 320 g/mol. The Balaban J connectivity index is 1.90. The summed E-state index contributed by atoms with van der Waals surface area (Å²) < 4.78 is 20.8. The van der Waals surface area contributed by atoms with Gasteiger partial charge in [-0.25, -0.2) is 4.79 Å². The Labute approximate surface area is 139 Å². The first-order chi connectivity index (χ1) is 11.2. The number of rotatable bonds is 7. The third-order valence-corrected chi connectivity index (χ3v) is 3.11. The second kappa shape index (κ2) is 8.90. The fraction of sp³-hybridized carbons (Fsp3) is 0.235. The molecule has 0 heterocycles. The van der Waals surface area contributed by atoms with Crippen LogP contribution >= 0.6 is 11.6 Å². The van der Waals surface area contributed by atoms with Gasteiger partial charge in [0.05, 0.1) is 7.11 Å². The number of hydrogen-bond donors (Lipinski definition) is 0. The van der Waals surface area contributed by atoms with Crippen molar-refractivity contribution in [2.75, 3.05) is 20.3 Å². The maximum atomic E-state index is 11.3. The molecule has 0 amide bonds. The van der Waals surface area contributed by atoms with Gasteiger partial charge < -0.3 is 18.9 Å². The Hall–Kier alpha value is -2.40. The Morgan fingerprint density at radius 3 is 2.09 bits per heavy atom. The van der Waals surface area contributed by atoms with Gasteiger partial charge in [-0.15, -0.1) is 0 Å². The Morgan fingerprint density at radius 1 is 0.957 bits per heavy atom. The summed E-state index contributed by atoms with van der Waals surface area (Å²) in [5.74, 6) is 1.30. The van der Waals surface area contributed by atoms with E-state index in [2.05, 4.69) is 4.74 Å². The van der Waals surface area contributed by atoms with Crippen LogP contribution in [0.2, 0.25) is 5.02 Å². The number of halogens is 1. The molecule has 0 bridgehead atoms. The van der Waals surface area contributed by atoms with Crippen LogP contribution in [0.1, 0.15) is 0 Å². The van der Waals surface area contributed by atoms with Gasteiger partial charge in [0.2, 0.25) is 0 Å². The van der Waals surface area contributed by atoms with Gasteiger partial charge in [-0.2, -0.15) is 0 Å². The molecular formula is C17H17ClO5. The smallest absolute Gasteiger partial charge is 0.490 e. The van der Waals surface area contributed by atoms with Gasteiger partial charge in [0, 0.05) is 5.02 Å². The Bertz CT molecular complexity index is 600. The summed E-state index contributed by atoms with van der Waals surface area (Å²) in [6.45, 7) is 0.274. The molecule has 0 aromatic heterocycles. The molecule has 2 aromatic rings. The van der Waals surface area contributed by atoms with E-state index in [1.165, 1.54) is 7.11 Å². The fourth-order valence-corrected chi connectivity index (χ4v) is 1.85. The van der Waals surface area contributed by atoms with Crippen molar-refractivity contribution in [3.05, 3.63) is 59.6 Å². The molecule has 0 spiro atoms. The summed E-state index contributed by atoms with van der Waals surface area (Å²) in [5, 5.41) is 0.618. The van der Waals surface area contributed by atoms with Crippen molar-refractivity contribution in [2.45, 2.75) is 6.10 Å². The lowest BCUT2D eigenvalue weighted by atomic mass is 10.3. The molecule has 1 atom stereocenters. The van der Waals surface area contributed by atoms with E-state index >= 15 is 0 Å². The largest absolute Gasteiger partial charge is 0.508 e. The maximum absolute atomic E-state index is 11.3. The van der Waals surface area contributed by atoms with Gasteiger partial charge in [-0.3, -0.25) is 0 Å². The average Bonchev–Trinajstić information content (AvgIpc) is 2.59. The van der Waals surface area contributed by atoms with Gasteiger partial charge >= 0.3 is 6.16 Å². The Morgan fingerprint density at radius 2 is 1.52 bits per heavy atom. The first kappa shape index (κ1) is 17.0. The second-order valence-corrected chi connectivity index (χ2v) is 5.02. The lowest BCUT2D eigenvalue weighted by molar-refractivity contribution is -0.00134. The van der Waals surface area contributed by atoms with Crippen molar-refractivity contribution < 1.29 is 23.7 Å². The highest BCUT2D eigenvalue weighted by atomic mass is 35.5. The minimum atomic E-state index is -0.786. The molecule has 0 fully saturated rings. The first-order valence-corrected chi connectivity index (χ1v) is 7.36. The number of ether oxygens (including phenoxy) is 4. The number of para-hydroxylation sites is 1. The highest BCUT2D eigenvalue weighted by molar-refractivity contribution is 6.30. The van der Waals surface area contributed by atoms with Gasteiger partial charge in [-0.05, 0) is 36.4 Å². The third-order valence-electron chi connectivity index (χ3n) is 2.86. The van der Waals surface area contributed by atoms with Crippen molar-refractivity contribution in [3.63, 3.8) is 0 Å². The van der Waals surface area contributed by atoms with Crippen molar-refractivity contribution >= 4 is 17.8 Å². The van der Waals surface area contributed by atoms with Gasteiger partial charge in [0.1, 0.15) is 24.7 Å². The number of hydrogen-bond acceptors (Lipinski definition) is 5. The molecule has 0 aliphatic carbocycles. The molecule has 0 radical (unpaired) electrons. The molecule has 0 saturated heterocycles. The molecule has 23 heavy (non-hydrogen) atoms. The lowest BCUT2D eigenvalue weighted by Gasteiger charge is -2.18. The van der Waals surface area contributed by atoms with E-state index in [-0.39, 0.29) is 13.2 Å². The van der Waals surface area contributed by atoms with Crippen LogP contribution in [-0.2, 0) is 9.47 Å². The quantitative estimate of drug-likeness (QED) is 0.717. The van der Waals surface area contributed by atoms with Crippen molar-refractivity contribution in [1.29, 1.82) is 0 Å². The fourth-order valence-electron chi connectivity index (χ4n) is 1.73. The van der Waals surface area contributed by atoms with E-state index in [1.807, 2.05) is 30.3 Å². The normalized spacial score (nSPS) is 11.4. The van der Waals surface area contributed by atoms with E-state index in [1.54, 1.807) is 24.3 Å². The topological polar surface area (TPSA) is 54.0 Å². The summed E-state index contributed by atoms with van der Waals surface area (Å²) in [6, 6.07) is 16.1. The van der Waals surface area contributed by atoms with Crippen LogP contribution in [0, 0.1) is 0 Å². The highest BCUT2D eigenvalue weighted by Crippen LogP contribution is 2.16. The number of benzene rings is 2. The molecule has 0 aliphatic rings. The van der Waals surface area contributed by atoms with Crippen LogP contribution in [0.15, 0.2) is 54.6 Å². The van der Waals surface area contributed by atoms with E-state index < -0.39 is 12.3 Å². The zero-order valence-corrected chi connectivity index (χ0v) is 13.4. The molecule has 0 N–H and O–H groups in total. The average molecular weight is 337 g/mol. The molecule has 2 rings (SSSR count). The van der Waals surface area contributed by atoms with E-state index in [9.17, 15) is 4.79 Å². The highest BCUT2D eigenvalue weighted by Gasteiger charge is 2.17. The van der Waals surface area contributed by atoms with Crippen LogP contribution in [0.5, 0.6) is 11.5 Å². The summed E-state index contributed by atoms with van der Waals surface area (Å²) in [7, 11) is 1.25. The van der Waals surface area contributed by atoms with Crippen molar-refractivity contribution in [3.8, 4) is 11.5 Å². The molecule has 122 valence electrons.